The highest BCUT2D eigenvalue weighted by atomic mass is 16.6. The number of benzene rings is 1. The summed E-state index contributed by atoms with van der Waals surface area (Å²) in [5, 5.41) is 42.9. The normalized spacial score (nSPS) is 22.5. The standard InChI is InChI=1S/C20H24N10O4/c1-28-26-17(25-27-28)15-13(32)14(33)19(34-15)30-9-22-12-16(21)23-20(24-18(12)30)29(10-31)8-7-11-5-3-2-4-6-11/h2-6,9,13-15,19,31-33H,7-8,10H2,1H3,(H2,21,23,24)/t13-,14+,15-,19+/m0/s1. The van der Waals surface area contributed by atoms with Gasteiger partial charge in [0, 0.05) is 6.54 Å². The molecule has 5 N–H and O–H groups in total. The van der Waals surface area contributed by atoms with E-state index in [-0.39, 0.29) is 30.0 Å². The Labute approximate surface area is 193 Å². The third kappa shape index (κ3) is 3.92. The number of nitrogens with zero attached hydrogens (tertiary/aromatic N) is 9. The number of hydrogen-bond acceptors (Lipinski definition) is 12. The summed E-state index contributed by atoms with van der Waals surface area (Å²) in [6.45, 7) is 0.120. The number of ether oxygens (including phenoxy) is 1. The molecule has 4 heterocycles. The van der Waals surface area contributed by atoms with Gasteiger partial charge in [0.25, 0.3) is 0 Å². The van der Waals surface area contributed by atoms with E-state index < -0.39 is 24.5 Å². The summed E-state index contributed by atoms with van der Waals surface area (Å²) in [5.74, 6) is 0.450. The molecular weight excluding hydrogens is 444 g/mol. The highest BCUT2D eigenvalue weighted by Gasteiger charge is 2.47. The van der Waals surface area contributed by atoms with Crippen LogP contribution in [-0.4, -0.2) is 80.5 Å². The molecule has 1 aliphatic rings. The van der Waals surface area contributed by atoms with E-state index in [0.29, 0.717) is 18.5 Å². The SMILES string of the molecule is Cn1nnc([C@H]2O[C@@H](n3cnc4c(N)nc(N(CO)CCc5ccccc5)nc43)[C@H](O)[C@@H]2O)n1. The van der Waals surface area contributed by atoms with Crippen molar-refractivity contribution in [3.63, 3.8) is 0 Å². The predicted molar refractivity (Wildman–Crippen MR) is 118 cm³/mol. The van der Waals surface area contributed by atoms with Gasteiger partial charge >= 0.3 is 0 Å². The van der Waals surface area contributed by atoms with Crippen LogP contribution >= 0.6 is 0 Å². The zero-order chi connectivity index (χ0) is 23.8. The number of hydrogen-bond donors (Lipinski definition) is 4. The number of aliphatic hydroxyl groups excluding tert-OH is 3. The Morgan fingerprint density at radius 1 is 1.15 bits per heavy atom. The van der Waals surface area contributed by atoms with E-state index in [1.165, 1.54) is 15.7 Å². The molecule has 1 aromatic carbocycles. The van der Waals surface area contributed by atoms with E-state index in [4.69, 9.17) is 10.5 Å². The average molecular weight is 468 g/mol. The van der Waals surface area contributed by atoms with Gasteiger partial charge < -0.3 is 30.7 Å². The van der Waals surface area contributed by atoms with Crippen molar-refractivity contribution >= 4 is 22.9 Å². The van der Waals surface area contributed by atoms with Gasteiger partial charge in [-0.15, -0.1) is 10.2 Å². The topological polar surface area (TPSA) is 186 Å². The van der Waals surface area contributed by atoms with Crippen molar-refractivity contribution < 1.29 is 20.1 Å². The van der Waals surface area contributed by atoms with Crippen LogP contribution in [0.4, 0.5) is 11.8 Å². The van der Waals surface area contributed by atoms with Crippen molar-refractivity contribution in [3.05, 3.63) is 48.0 Å². The van der Waals surface area contributed by atoms with Crippen molar-refractivity contribution in [2.75, 3.05) is 23.9 Å². The first-order valence-electron chi connectivity index (χ1n) is 10.6. The number of tetrazole rings is 1. The Morgan fingerprint density at radius 2 is 1.94 bits per heavy atom. The van der Waals surface area contributed by atoms with Crippen LogP contribution in [0.2, 0.25) is 0 Å². The van der Waals surface area contributed by atoms with Crippen LogP contribution in [0.5, 0.6) is 0 Å². The second kappa shape index (κ2) is 8.90. The first kappa shape index (κ1) is 22.1. The first-order chi connectivity index (χ1) is 16.5. The number of aliphatic hydroxyl groups is 3. The van der Waals surface area contributed by atoms with Gasteiger partial charge in [-0.25, -0.2) is 4.98 Å². The molecule has 5 rings (SSSR count). The summed E-state index contributed by atoms with van der Waals surface area (Å²) in [6.07, 6.45) is -2.60. The van der Waals surface area contributed by atoms with E-state index >= 15 is 0 Å². The zero-order valence-electron chi connectivity index (χ0n) is 18.2. The third-order valence-electron chi connectivity index (χ3n) is 5.69. The van der Waals surface area contributed by atoms with Crippen molar-refractivity contribution in [2.45, 2.75) is 31.0 Å². The van der Waals surface area contributed by atoms with Gasteiger partial charge in [-0.1, -0.05) is 30.3 Å². The molecule has 14 nitrogen and oxygen atoms in total. The molecule has 3 aromatic heterocycles. The molecule has 4 atom stereocenters. The molecule has 0 radical (unpaired) electrons. The Morgan fingerprint density at radius 3 is 2.65 bits per heavy atom. The molecule has 0 saturated carbocycles. The largest absolute Gasteiger partial charge is 0.387 e. The summed E-state index contributed by atoms with van der Waals surface area (Å²) in [5.41, 5.74) is 7.81. The molecular formula is C20H24N10O4. The maximum absolute atomic E-state index is 10.7. The number of fused-ring (bicyclic) bond motifs is 1. The molecule has 0 amide bonds. The lowest BCUT2D eigenvalue weighted by atomic mass is 10.1. The number of rotatable bonds is 7. The van der Waals surface area contributed by atoms with Crippen LogP contribution in [0.25, 0.3) is 11.2 Å². The minimum absolute atomic E-state index is 0.108. The number of nitrogens with two attached hydrogens (primary N) is 1. The van der Waals surface area contributed by atoms with Gasteiger partial charge in [-0.2, -0.15) is 14.8 Å². The molecule has 0 aliphatic carbocycles. The smallest absolute Gasteiger partial charge is 0.231 e. The van der Waals surface area contributed by atoms with Crippen molar-refractivity contribution in [3.8, 4) is 0 Å². The van der Waals surface area contributed by atoms with Crippen LogP contribution < -0.4 is 10.6 Å². The summed E-state index contributed by atoms with van der Waals surface area (Å²) in [7, 11) is 1.58. The fourth-order valence-electron chi connectivity index (χ4n) is 3.91. The molecule has 0 bridgehead atoms. The Bertz CT molecular complexity index is 1280. The number of anilines is 2. The van der Waals surface area contributed by atoms with Gasteiger partial charge in [-0.3, -0.25) is 4.57 Å². The minimum atomic E-state index is -1.32. The van der Waals surface area contributed by atoms with E-state index in [9.17, 15) is 15.3 Å². The second-order valence-electron chi connectivity index (χ2n) is 7.94. The minimum Gasteiger partial charge on any atom is -0.387 e. The first-order valence-corrected chi connectivity index (χ1v) is 10.6. The van der Waals surface area contributed by atoms with E-state index in [1.54, 1.807) is 11.9 Å². The molecule has 0 unspecified atom stereocenters. The van der Waals surface area contributed by atoms with Crippen LogP contribution in [0.1, 0.15) is 23.7 Å². The number of aryl methyl sites for hydroxylation is 1. The number of nitrogen functional groups attached to an aromatic ring is 1. The molecule has 14 heteroatoms. The second-order valence-corrected chi connectivity index (χ2v) is 7.94. The quantitative estimate of drug-likeness (QED) is 0.241. The lowest BCUT2D eigenvalue weighted by molar-refractivity contribution is -0.0384. The lowest BCUT2D eigenvalue weighted by Gasteiger charge is -2.21. The summed E-state index contributed by atoms with van der Waals surface area (Å²) < 4.78 is 7.36. The average Bonchev–Trinajstić information content (AvgIpc) is 3.53. The summed E-state index contributed by atoms with van der Waals surface area (Å²) >= 11 is 0. The molecule has 1 fully saturated rings. The predicted octanol–water partition coefficient (Wildman–Crippen LogP) is -1.08. The Balaban J connectivity index is 1.45. The van der Waals surface area contributed by atoms with Crippen LogP contribution in [0.3, 0.4) is 0 Å². The molecule has 4 aromatic rings. The lowest BCUT2D eigenvalue weighted by Crippen LogP contribution is -2.30. The molecule has 34 heavy (non-hydrogen) atoms. The van der Waals surface area contributed by atoms with Gasteiger partial charge in [0.1, 0.15) is 24.5 Å². The van der Waals surface area contributed by atoms with E-state index in [1.807, 2.05) is 30.3 Å². The summed E-state index contributed by atoms with van der Waals surface area (Å²) in [6, 6.07) is 9.82. The van der Waals surface area contributed by atoms with Crippen molar-refractivity contribution in [1.82, 2.24) is 39.7 Å². The zero-order valence-corrected chi connectivity index (χ0v) is 18.2. The summed E-state index contributed by atoms with van der Waals surface area (Å²) in [4.78, 5) is 15.9. The van der Waals surface area contributed by atoms with Crippen LogP contribution in [0.15, 0.2) is 36.7 Å². The highest BCUT2D eigenvalue weighted by molar-refractivity contribution is 5.83. The highest BCUT2D eigenvalue weighted by Crippen LogP contribution is 2.38. The van der Waals surface area contributed by atoms with Crippen LogP contribution in [-0.2, 0) is 18.2 Å². The third-order valence-corrected chi connectivity index (χ3v) is 5.69. The van der Waals surface area contributed by atoms with Crippen LogP contribution in [0, 0.1) is 0 Å². The van der Waals surface area contributed by atoms with Crippen molar-refractivity contribution in [2.24, 2.45) is 7.05 Å². The fraction of sp³-hybridized carbons (Fsp3) is 0.400. The molecule has 1 saturated heterocycles. The monoisotopic (exact) mass is 468 g/mol. The number of aromatic nitrogens is 8. The van der Waals surface area contributed by atoms with E-state index in [0.717, 1.165) is 5.56 Å². The van der Waals surface area contributed by atoms with Gasteiger partial charge in [0.15, 0.2) is 23.8 Å². The molecule has 178 valence electrons. The Hall–Kier alpha value is -3.72. The molecule has 1 aliphatic heterocycles. The maximum atomic E-state index is 10.7. The van der Waals surface area contributed by atoms with E-state index in [2.05, 4.69) is 30.4 Å². The van der Waals surface area contributed by atoms with Crippen molar-refractivity contribution in [1.29, 1.82) is 0 Å². The number of imidazole rings is 1. The van der Waals surface area contributed by atoms with Gasteiger partial charge in [0.05, 0.1) is 13.4 Å². The van der Waals surface area contributed by atoms with Gasteiger partial charge in [-0.05, 0) is 17.2 Å². The molecule has 0 spiro atoms. The Kier molecular flexibility index (Phi) is 5.79. The fourth-order valence-corrected chi connectivity index (χ4v) is 3.91. The maximum Gasteiger partial charge on any atom is 0.231 e. The van der Waals surface area contributed by atoms with Gasteiger partial charge in [0.2, 0.25) is 11.8 Å².